The predicted molar refractivity (Wildman–Crippen MR) is 44.0 cm³/mol. The molecular weight excluding hydrogens is 232 g/mol. The van der Waals surface area contributed by atoms with Gasteiger partial charge in [0.05, 0.1) is 5.56 Å². The third-order valence-corrected chi connectivity index (χ3v) is 1.85. The van der Waals surface area contributed by atoms with E-state index in [-0.39, 0.29) is 6.07 Å². The van der Waals surface area contributed by atoms with Crippen molar-refractivity contribution in [2.45, 2.75) is 12.3 Å². The molecule has 0 aliphatic rings. The number of hydrogen-bond donors (Lipinski definition) is 2. The smallest absolute Gasteiger partial charge is 0.416 e. The van der Waals surface area contributed by atoms with Crippen LogP contribution in [0.15, 0.2) is 18.2 Å². The molecule has 0 aliphatic carbocycles. The van der Waals surface area contributed by atoms with Crippen molar-refractivity contribution < 1.29 is 32.6 Å². The maximum atomic E-state index is 12.6. The van der Waals surface area contributed by atoms with Gasteiger partial charge < -0.3 is 10.2 Å². The number of rotatable bonds is 2. The molecule has 0 radical (unpaired) electrons. The lowest BCUT2D eigenvalue weighted by molar-refractivity contribution is -0.149. The molecule has 0 heterocycles. The molecule has 0 fully saturated rings. The summed E-state index contributed by atoms with van der Waals surface area (Å²) in [5, 5.41) is 17.4. The third kappa shape index (κ3) is 2.48. The molecule has 88 valence electrons. The highest BCUT2D eigenvalue weighted by molar-refractivity contribution is 5.74. The summed E-state index contributed by atoms with van der Waals surface area (Å²) in [4.78, 5) is 10.4. The summed E-state index contributed by atoms with van der Waals surface area (Å²) in [6.07, 6.45) is -7.26. The molecule has 0 amide bonds. The van der Waals surface area contributed by atoms with Crippen molar-refractivity contribution in [3.05, 3.63) is 35.1 Å². The van der Waals surface area contributed by atoms with Gasteiger partial charge in [0.2, 0.25) is 0 Å². The topological polar surface area (TPSA) is 57.5 Å². The van der Waals surface area contributed by atoms with Crippen molar-refractivity contribution in [2.75, 3.05) is 0 Å². The molecule has 1 rings (SSSR count). The molecule has 7 heteroatoms. The first-order valence-electron chi connectivity index (χ1n) is 4.01. The minimum Gasteiger partial charge on any atom is -0.479 e. The first-order valence-corrected chi connectivity index (χ1v) is 4.01. The molecule has 1 aromatic rings. The van der Waals surface area contributed by atoms with Crippen molar-refractivity contribution in [3.63, 3.8) is 0 Å². The standard InChI is InChI=1S/C9H6F4O3/c10-4-1-2-5(7(14)8(15)16)6(3-4)9(11,12)13/h1-3,7,14H,(H,15,16). The van der Waals surface area contributed by atoms with Crippen molar-refractivity contribution in [1.29, 1.82) is 0 Å². The second-order valence-corrected chi connectivity index (χ2v) is 2.97. The Bertz CT molecular complexity index is 414. The zero-order chi connectivity index (χ0) is 12.5. The largest absolute Gasteiger partial charge is 0.479 e. The summed E-state index contributed by atoms with van der Waals surface area (Å²) in [5.41, 5.74) is -2.39. The average Bonchev–Trinajstić information content (AvgIpc) is 2.15. The lowest BCUT2D eigenvalue weighted by atomic mass is 10.0. The Balaban J connectivity index is 3.34. The van der Waals surface area contributed by atoms with Crippen molar-refractivity contribution in [2.24, 2.45) is 0 Å². The van der Waals surface area contributed by atoms with Crippen LogP contribution in [0.4, 0.5) is 17.6 Å². The second kappa shape index (κ2) is 4.09. The number of halogens is 4. The SMILES string of the molecule is O=C(O)C(O)c1ccc(F)cc1C(F)(F)F. The van der Waals surface area contributed by atoms with E-state index in [2.05, 4.69) is 0 Å². The maximum Gasteiger partial charge on any atom is 0.416 e. The van der Waals surface area contributed by atoms with Crippen LogP contribution in [0.5, 0.6) is 0 Å². The van der Waals surface area contributed by atoms with E-state index in [1.54, 1.807) is 0 Å². The number of carbonyl (C=O) groups is 1. The number of carboxylic acids is 1. The van der Waals surface area contributed by atoms with Gasteiger partial charge in [-0.1, -0.05) is 6.07 Å². The molecule has 1 aromatic carbocycles. The predicted octanol–water partition coefficient (Wildman–Crippen LogP) is 1.96. The summed E-state index contributed by atoms with van der Waals surface area (Å²) in [6, 6.07) is 1.38. The number of aliphatic carboxylic acids is 1. The van der Waals surface area contributed by atoms with Gasteiger partial charge in [0.25, 0.3) is 0 Å². The van der Waals surface area contributed by atoms with Crippen LogP contribution < -0.4 is 0 Å². The molecular formula is C9H6F4O3. The lowest BCUT2D eigenvalue weighted by Crippen LogP contribution is -2.17. The van der Waals surface area contributed by atoms with E-state index in [9.17, 15) is 22.4 Å². The zero-order valence-corrected chi connectivity index (χ0v) is 7.62. The van der Waals surface area contributed by atoms with E-state index in [4.69, 9.17) is 10.2 Å². The molecule has 3 nitrogen and oxygen atoms in total. The fourth-order valence-corrected chi connectivity index (χ4v) is 1.15. The molecule has 0 aliphatic heterocycles. The molecule has 2 N–H and O–H groups in total. The van der Waals surface area contributed by atoms with E-state index in [1.165, 1.54) is 0 Å². The van der Waals surface area contributed by atoms with Crippen molar-refractivity contribution in [3.8, 4) is 0 Å². The summed E-state index contributed by atoms with van der Waals surface area (Å²) < 4.78 is 49.8. The van der Waals surface area contributed by atoms with Gasteiger partial charge in [-0.05, 0) is 12.1 Å². The third-order valence-electron chi connectivity index (χ3n) is 1.85. The van der Waals surface area contributed by atoms with Gasteiger partial charge in [0, 0.05) is 5.56 Å². The monoisotopic (exact) mass is 238 g/mol. The van der Waals surface area contributed by atoms with Crippen LogP contribution in [0.3, 0.4) is 0 Å². The normalized spacial score (nSPS) is 13.6. The summed E-state index contributed by atoms with van der Waals surface area (Å²) >= 11 is 0. The quantitative estimate of drug-likeness (QED) is 0.774. The summed E-state index contributed by atoms with van der Waals surface area (Å²) in [5.74, 6) is -2.99. The number of aliphatic hydroxyl groups excluding tert-OH is 1. The Morgan fingerprint density at radius 2 is 1.88 bits per heavy atom. The lowest BCUT2D eigenvalue weighted by Gasteiger charge is -2.14. The van der Waals surface area contributed by atoms with Crippen LogP contribution in [-0.2, 0) is 11.0 Å². The summed E-state index contributed by atoms with van der Waals surface area (Å²) in [6.45, 7) is 0. The van der Waals surface area contributed by atoms with Crippen LogP contribution >= 0.6 is 0 Å². The van der Waals surface area contributed by atoms with Crippen molar-refractivity contribution >= 4 is 5.97 Å². The van der Waals surface area contributed by atoms with Crippen LogP contribution in [0, 0.1) is 5.82 Å². The zero-order valence-electron chi connectivity index (χ0n) is 7.62. The first kappa shape index (κ1) is 12.4. The fraction of sp³-hybridized carbons (Fsp3) is 0.222. The van der Waals surface area contributed by atoms with Gasteiger partial charge in [-0.2, -0.15) is 13.2 Å². The highest BCUT2D eigenvalue weighted by atomic mass is 19.4. The molecule has 1 unspecified atom stereocenters. The minimum absolute atomic E-state index is 0.140. The Morgan fingerprint density at radius 3 is 2.31 bits per heavy atom. The van der Waals surface area contributed by atoms with E-state index < -0.39 is 35.2 Å². The molecule has 1 atom stereocenters. The van der Waals surface area contributed by atoms with Gasteiger partial charge in [0.1, 0.15) is 5.82 Å². The number of benzene rings is 1. The number of aliphatic hydroxyl groups is 1. The first-order chi connectivity index (χ1) is 7.23. The number of alkyl halides is 3. The highest BCUT2D eigenvalue weighted by Gasteiger charge is 2.36. The number of hydrogen-bond acceptors (Lipinski definition) is 2. The van der Waals surface area contributed by atoms with E-state index in [0.29, 0.717) is 12.1 Å². The van der Waals surface area contributed by atoms with Crippen LogP contribution in [0.25, 0.3) is 0 Å². The Labute approximate surface area is 86.9 Å². The summed E-state index contributed by atoms with van der Waals surface area (Å²) in [7, 11) is 0. The van der Waals surface area contributed by atoms with E-state index in [1.807, 2.05) is 0 Å². The van der Waals surface area contributed by atoms with Crippen molar-refractivity contribution in [1.82, 2.24) is 0 Å². The molecule has 0 bridgehead atoms. The van der Waals surface area contributed by atoms with E-state index in [0.717, 1.165) is 0 Å². The molecule has 0 spiro atoms. The molecule has 0 saturated carbocycles. The van der Waals surface area contributed by atoms with Crippen LogP contribution in [0.1, 0.15) is 17.2 Å². The second-order valence-electron chi connectivity index (χ2n) is 2.97. The minimum atomic E-state index is -4.92. The molecule has 16 heavy (non-hydrogen) atoms. The van der Waals surface area contributed by atoms with Gasteiger partial charge >= 0.3 is 12.1 Å². The molecule has 0 aromatic heterocycles. The average molecular weight is 238 g/mol. The van der Waals surface area contributed by atoms with Gasteiger partial charge in [-0.25, -0.2) is 9.18 Å². The number of carboxylic acid groups (broad SMARTS) is 1. The maximum absolute atomic E-state index is 12.6. The van der Waals surface area contributed by atoms with Gasteiger partial charge in [-0.3, -0.25) is 0 Å². The Morgan fingerprint density at radius 1 is 1.31 bits per heavy atom. The van der Waals surface area contributed by atoms with Gasteiger partial charge in [-0.15, -0.1) is 0 Å². The fourth-order valence-electron chi connectivity index (χ4n) is 1.15. The van der Waals surface area contributed by atoms with Crippen LogP contribution in [-0.4, -0.2) is 16.2 Å². The van der Waals surface area contributed by atoms with Gasteiger partial charge in [0.15, 0.2) is 6.10 Å². The highest BCUT2D eigenvalue weighted by Crippen LogP contribution is 2.35. The van der Waals surface area contributed by atoms with Crippen LogP contribution in [0.2, 0.25) is 0 Å². The van der Waals surface area contributed by atoms with E-state index >= 15 is 0 Å². The molecule has 0 saturated heterocycles. The Hall–Kier alpha value is -1.63. The Kier molecular flexibility index (Phi) is 3.18.